The molecule has 1 aromatic rings. The van der Waals surface area contributed by atoms with Crippen molar-refractivity contribution in [3.8, 4) is 5.75 Å². The number of benzene rings is 1. The van der Waals surface area contributed by atoms with Crippen molar-refractivity contribution in [2.24, 2.45) is 11.7 Å². The number of hydrogen-bond donors (Lipinski definition) is 2. The Hall–Kier alpha value is -1.55. The van der Waals surface area contributed by atoms with Crippen molar-refractivity contribution in [1.29, 1.82) is 5.41 Å². The molecule has 0 spiro atoms. The monoisotopic (exact) mass is 263 g/mol. The number of para-hydroxylation sites is 1. The Kier molecular flexibility index (Phi) is 6.36. The first-order chi connectivity index (χ1) is 9.02. The van der Waals surface area contributed by atoms with Crippen LogP contribution < -0.4 is 10.5 Å². The van der Waals surface area contributed by atoms with Crippen LogP contribution in [0.2, 0.25) is 0 Å². The smallest absolute Gasteiger partial charge is 0.123 e. The van der Waals surface area contributed by atoms with Gasteiger partial charge in [0.2, 0.25) is 0 Å². The fourth-order valence-corrected chi connectivity index (χ4v) is 2.10. The molecular weight excluding hydrogens is 238 g/mol. The van der Waals surface area contributed by atoms with Crippen LogP contribution in [0.15, 0.2) is 24.3 Å². The van der Waals surface area contributed by atoms with Crippen LogP contribution in [0.25, 0.3) is 0 Å². The van der Waals surface area contributed by atoms with Crippen LogP contribution in [0.3, 0.4) is 0 Å². The quantitative estimate of drug-likeness (QED) is 0.559. The lowest BCUT2D eigenvalue weighted by atomic mass is 10.1. The first-order valence-electron chi connectivity index (χ1n) is 6.70. The molecule has 0 bridgehead atoms. The highest BCUT2D eigenvalue weighted by Crippen LogP contribution is 2.19. The van der Waals surface area contributed by atoms with E-state index in [0.29, 0.717) is 12.3 Å². The number of nitrogens with one attached hydrogen (secondary N) is 1. The van der Waals surface area contributed by atoms with Gasteiger partial charge in [0, 0.05) is 31.6 Å². The number of methoxy groups -OCH3 is 1. The van der Waals surface area contributed by atoms with Gasteiger partial charge in [-0.15, -0.1) is 0 Å². The van der Waals surface area contributed by atoms with E-state index in [1.807, 2.05) is 18.2 Å². The lowest BCUT2D eigenvalue weighted by Crippen LogP contribution is -2.31. The van der Waals surface area contributed by atoms with Gasteiger partial charge in [-0.2, -0.15) is 0 Å². The highest BCUT2D eigenvalue weighted by Gasteiger charge is 2.11. The molecule has 106 valence electrons. The molecule has 4 nitrogen and oxygen atoms in total. The van der Waals surface area contributed by atoms with E-state index in [0.717, 1.165) is 25.4 Å². The summed E-state index contributed by atoms with van der Waals surface area (Å²) < 4.78 is 5.38. The molecule has 0 saturated heterocycles. The second kappa shape index (κ2) is 7.79. The zero-order valence-electron chi connectivity index (χ0n) is 12.1. The molecule has 1 aromatic carbocycles. The summed E-state index contributed by atoms with van der Waals surface area (Å²) in [7, 11) is 1.70. The second-order valence-corrected chi connectivity index (χ2v) is 5.22. The van der Waals surface area contributed by atoms with Crippen LogP contribution in [-0.2, 0) is 6.54 Å². The molecule has 0 amide bonds. The predicted octanol–water partition coefficient (Wildman–Crippen LogP) is 2.48. The Morgan fingerprint density at radius 3 is 2.63 bits per heavy atom. The molecule has 0 saturated carbocycles. The summed E-state index contributed by atoms with van der Waals surface area (Å²) in [6, 6.07) is 8.06. The summed E-state index contributed by atoms with van der Waals surface area (Å²) in [5.74, 6) is 1.74. The number of ether oxygens (including phenoxy) is 1. The van der Waals surface area contributed by atoms with Gasteiger partial charge in [-0.3, -0.25) is 10.3 Å². The Morgan fingerprint density at radius 1 is 1.37 bits per heavy atom. The van der Waals surface area contributed by atoms with E-state index in [-0.39, 0.29) is 5.84 Å². The SMILES string of the molecule is COc1ccccc1CN(CCC(=N)N)CC(C)C. The molecule has 0 fully saturated rings. The van der Waals surface area contributed by atoms with Gasteiger partial charge in [0.1, 0.15) is 5.75 Å². The zero-order valence-corrected chi connectivity index (χ0v) is 12.1. The zero-order chi connectivity index (χ0) is 14.3. The van der Waals surface area contributed by atoms with Gasteiger partial charge >= 0.3 is 0 Å². The van der Waals surface area contributed by atoms with E-state index in [2.05, 4.69) is 24.8 Å². The molecule has 19 heavy (non-hydrogen) atoms. The minimum atomic E-state index is 0.244. The Bertz CT molecular complexity index is 404. The molecule has 0 atom stereocenters. The van der Waals surface area contributed by atoms with E-state index in [9.17, 15) is 0 Å². The van der Waals surface area contributed by atoms with Crippen molar-refractivity contribution in [1.82, 2.24) is 4.90 Å². The third-order valence-corrected chi connectivity index (χ3v) is 2.91. The molecule has 3 N–H and O–H groups in total. The van der Waals surface area contributed by atoms with Crippen molar-refractivity contribution in [2.75, 3.05) is 20.2 Å². The van der Waals surface area contributed by atoms with Crippen LogP contribution in [-0.4, -0.2) is 30.9 Å². The minimum absolute atomic E-state index is 0.244. The fraction of sp³-hybridized carbons (Fsp3) is 0.533. The molecule has 1 rings (SSSR count). The molecule has 0 aromatic heterocycles. The van der Waals surface area contributed by atoms with E-state index in [1.165, 1.54) is 5.56 Å². The average Bonchev–Trinajstić information content (AvgIpc) is 2.36. The second-order valence-electron chi connectivity index (χ2n) is 5.22. The molecular formula is C15H25N3O. The summed E-state index contributed by atoms with van der Waals surface area (Å²) in [5.41, 5.74) is 6.63. The Labute approximate surface area is 116 Å². The minimum Gasteiger partial charge on any atom is -0.496 e. The first kappa shape index (κ1) is 15.5. The maximum absolute atomic E-state index is 7.35. The van der Waals surface area contributed by atoms with E-state index in [4.69, 9.17) is 15.9 Å². The normalized spacial score (nSPS) is 11.0. The van der Waals surface area contributed by atoms with Gasteiger partial charge in [0.15, 0.2) is 0 Å². The largest absolute Gasteiger partial charge is 0.496 e. The van der Waals surface area contributed by atoms with Crippen molar-refractivity contribution in [2.45, 2.75) is 26.8 Å². The lowest BCUT2D eigenvalue weighted by molar-refractivity contribution is 0.239. The van der Waals surface area contributed by atoms with E-state index < -0.39 is 0 Å². The Balaban J connectivity index is 2.72. The first-order valence-corrected chi connectivity index (χ1v) is 6.70. The highest BCUT2D eigenvalue weighted by molar-refractivity contribution is 5.76. The number of rotatable bonds is 8. The van der Waals surface area contributed by atoms with Crippen molar-refractivity contribution < 1.29 is 4.74 Å². The number of nitrogens with two attached hydrogens (primary N) is 1. The molecule has 0 heterocycles. The van der Waals surface area contributed by atoms with E-state index in [1.54, 1.807) is 7.11 Å². The summed E-state index contributed by atoms with van der Waals surface area (Å²) >= 11 is 0. The molecule has 0 unspecified atom stereocenters. The van der Waals surface area contributed by atoms with Gasteiger partial charge in [-0.05, 0) is 12.0 Å². The number of nitrogens with zero attached hydrogens (tertiary/aromatic N) is 1. The van der Waals surface area contributed by atoms with Crippen LogP contribution in [0.1, 0.15) is 25.8 Å². The average molecular weight is 263 g/mol. The third-order valence-electron chi connectivity index (χ3n) is 2.91. The number of hydrogen-bond acceptors (Lipinski definition) is 3. The fourth-order valence-electron chi connectivity index (χ4n) is 2.10. The highest BCUT2D eigenvalue weighted by atomic mass is 16.5. The van der Waals surface area contributed by atoms with Gasteiger partial charge in [-0.1, -0.05) is 32.0 Å². The van der Waals surface area contributed by atoms with Gasteiger partial charge in [-0.25, -0.2) is 0 Å². The van der Waals surface area contributed by atoms with Gasteiger partial charge < -0.3 is 10.5 Å². The number of amidine groups is 1. The molecule has 0 aliphatic heterocycles. The van der Waals surface area contributed by atoms with Crippen LogP contribution >= 0.6 is 0 Å². The summed E-state index contributed by atoms with van der Waals surface area (Å²) in [6.45, 7) is 7.03. The maximum Gasteiger partial charge on any atom is 0.123 e. The Morgan fingerprint density at radius 2 is 2.05 bits per heavy atom. The summed E-state index contributed by atoms with van der Waals surface area (Å²) in [4.78, 5) is 2.32. The van der Waals surface area contributed by atoms with Crippen LogP contribution in [0.5, 0.6) is 5.75 Å². The van der Waals surface area contributed by atoms with Crippen molar-refractivity contribution in [3.05, 3.63) is 29.8 Å². The third kappa shape index (κ3) is 5.75. The predicted molar refractivity (Wildman–Crippen MR) is 79.6 cm³/mol. The maximum atomic E-state index is 7.35. The lowest BCUT2D eigenvalue weighted by Gasteiger charge is -2.25. The summed E-state index contributed by atoms with van der Waals surface area (Å²) in [6.07, 6.45) is 0.613. The molecule has 4 heteroatoms. The standard InChI is InChI=1S/C15H25N3O/c1-12(2)10-18(9-8-15(16)17)11-13-6-4-5-7-14(13)19-3/h4-7,12H,8-11H2,1-3H3,(H3,16,17). The van der Waals surface area contributed by atoms with Crippen LogP contribution in [0.4, 0.5) is 0 Å². The van der Waals surface area contributed by atoms with Crippen molar-refractivity contribution in [3.63, 3.8) is 0 Å². The van der Waals surface area contributed by atoms with Crippen LogP contribution in [0, 0.1) is 11.3 Å². The van der Waals surface area contributed by atoms with E-state index >= 15 is 0 Å². The van der Waals surface area contributed by atoms with Crippen molar-refractivity contribution >= 4 is 5.84 Å². The molecule has 0 aliphatic rings. The topological polar surface area (TPSA) is 62.3 Å². The van der Waals surface area contributed by atoms with Gasteiger partial charge in [0.05, 0.1) is 12.9 Å². The molecule has 0 radical (unpaired) electrons. The summed E-state index contributed by atoms with van der Waals surface area (Å²) in [5, 5.41) is 7.35. The molecule has 0 aliphatic carbocycles. The van der Waals surface area contributed by atoms with Gasteiger partial charge in [0.25, 0.3) is 0 Å².